The molecule has 0 saturated carbocycles. The van der Waals surface area contributed by atoms with Crippen molar-refractivity contribution in [3.8, 4) is 0 Å². The molecule has 6 heteroatoms. The first-order chi connectivity index (χ1) is 8.96. The Morgan fingerprint density at radius 1 is 1.42 bits per heavy atom. The van der Waals surface area contributed by atoms with E-state index >= 15 is 0 Å². The van der Waals surface area contributed by atoms with Crippen molar-refractivity contribution in [2.45, 2.75) is 32.9 Å². The van der Waals surface area contributed by atoms with E-state index in [4.69, 9.17) is 4.74 Å². The number of hydrogen-bond acceptors (Lipinski definition) is 4. The second kappa shape index (κ2) is 5.26. The first-order valence-electron chi connectivity index (χ1n) is 6.18. The summed E-state index contributed by atoms with van der Waals surface area (Å²) in [5.74, 6) is 0. The Bertz CT molecular complexity index is 571. The Hall–Kier alpha value is -2.11. The smallest absolute Gasteiger partial charge is 0.407 e. The van der Waals surface area contributed by atoms with E-state index in [1.807, 2.05) is 37.5 Å². The van der Waals surface area contributed by atoms with Crippen molar-refractivity contribution in [2.24, 2.45) is 0 Å². The topological polar surface area (TPSA) is 69.0 Å². The van der Waals surface area contributed by atoms with Gasteiger partial charge in [0.1, 0.15) is 11.1 Å². The molecule has 0 saturated heterocycles. The second-order valence-corrected chi connectivity index (χ2v) is 5.21. The van der Waals surface area contributed by atoms with Crippen molar-refractivity contribution < 1.29 is 9.53 Å². The zero-order valence-corrected chi connectivity index (χ0v) is 11.4. The molecule has 0 radical (unpaired) electrons. The molecule has 0 unspecified atom stereocenters. The lowest BCUT2D eigenvalue weighted by Gasteiger charge is -2.19. The van der Waals surface area contributed by atoms with Crippen molar-refractivity contribution in [1.29, 1.82) is 0 Å². The van der Waals surface area contributed by atoms with Gasteiger partial charge in [0.25, 0.3) is 0 Å². The van der Waals surface area contributed by atoms with E-state index in [1.165, 1.54) is 0 Å². The van der Waals surface area contributed by atoms with Gasteiger partial charge in [-0.1, -0.05) is 0 Å². The van der Waals surface area contributed by atoms with Gasteiger partial charge in [0, 0.05) is 19.3 Å². The van der Waals surface area contributed by atoms with Crippen LogP contribution in [0.25, 0.3) is 11.2 Å². The van der Waals surface area contributed by atoms with Crippen molar-refractivity contribution >= 4 is 17.3 Å². The largest absolute Gasteiger partial charge is 0.444 e. The number of hydrogen-bond donors (Lipinski definition) is 1. The summed E-state index contributed by atoms with van der Waals surface area (Å²) in [7, 11) is 0. The van der Waals surface area contributed by atoms with Crippen LogP contribution < -0.4 is 5.32 Å². The Balaban J connectivity index is 1.88. The molecule has 1 N–H and O–H groups in total. The number of ether oxygens (including phenoxy) is 1. The number of alkyl carbamates (subject to hydrolysis) is 1. The van der Waals surface area contributed by atoms with Crippen LogP contribution in [0.3, 0.4) is 0 Å². The molecule has 2 heterocycles. The Labute approximate surface area is 111 Å². The van der Waals surface area contributed by atoms with Gasteiger partial charge in [0.2, 0.25) is 0 Å². The summed E-state index contributed by atoms with van der Waals surface area (Å²) in [6.45, 7) is 6.57. The standard InChI is InChI=1S/C13H18N4O2/c1-13(2,3)19-12(18)15-7-8-17-9-16-10-5-4-6-14-11(10)17/h4-6,9H,7-8H2,1-3H3,(H,15,18). The van der Waals surface area contributed by atoms with Crippen LogP contribution in [0.2, 0.25) is 0 Å². The van der Waals surface area contributed by atoms with E-state index in [0.717, 1.165) is 11.2 Å². The molecule has 0 spiro atoms. The van der Waals surface area contributed by atoms with Gasteiger partial charge in [-0.05, 0) is 32.9 Å². The molecule has 0 aromatic carbocycles. The monoisotopic (exact) mass is 262 g/mol. The summed E-state index contributed by atoms with van der Waals surface area (Å²) >= 11 is 0. The zero-order valence-electron chi connectivity index (χ0n) is 11.4. The lowest BCUT2D eigenvalue weighted by molar-refractivity contribution is 0.0526. The molecule has 19 heavy (non-hydrogen) atoms. The van der Waals surface area contributed by atoms with Gasteiger partial charge in [-0.15, -0.1) is 0 Å². The van der Waals surface area contributed by atoms with E-state index in [1.54, 1.807) is 12.5 Å². The molecule has 0 aliphatic heterocycles. The highest BCUT2D eigenvalue weighted by atomic mass is 16.6. The Kier molecular flexibility index (Phi) is 3.69. The number of amides is 1. The maximum atomic E-state index is 11.5. The van der Waals surface area contributed by atoms with Crippen LogP contribution in [-0.4, -0.2) is 32.8 Å². The number of carbonyl (C=O) groups is 1. The molecule has 102 valence electrons. The molecule has 0 fully saturated rings. The molecule has 2 aromatic rings. The Morgan fingerprint density at radius 3 is 2.95 bits per heavy atom. The van der Waals surface area contributed by atoms with Crippen LogP contribution >= 0.6 is 0 Å². The Morgan fingerprint density at radius 2 is 2.21 bits per heavy atom. The highest BCUT2D eigenvalue weighted by Gasteiger charge is 2.15. The van der Waals surface area contributed by atoms with E-state index < -0.39 is 11.7 Å². The summed E-state index contributed by atoms with van der Waals surface area (Å²) in [5.41, 5.74) is 1.18. The highest BCUT2D eigenvalue weighted by molar-refractivity contribution is 5.70. The fraction of sp³-hybridized carbons (Fsp3) is 0.462. The van der Waals surface area contributed by atoms with Gasteiger partial charge in [0.15, 0.2) is 5.65 Å². The van der Waals surface area contributed by atoms with Gasteiger partial charge in [-0.25, -0.2) is 14.8 Å². The number of nitrogens with zero attached hydrogens (tertiary/aromatic N) is 3. The molecule has 0 aliphatic rings. The minimum Gasteiger partial charge on any atom is -0.444 e. The lowest BCUT2D eigenvalue weighted by atomic mass is 10.2. The molecule has 6 nitrogen and oxygen atoms in total. The predicted molar refractivity (Wildman–Crippen MR) is 71.8 cm³/mol. The molecule has 1 amide bonds. The third kappa shape index (κ3) is 3.67. The molecule has 2 rings (SSSR count). The van der Waals surface area contributed by atoms with Gasteiger partial charge in [-0.2, -0.15) is 0 Å². The quantitative estimate of drug-likeness (QED) is 0.918. The van der Waals surface area contributed by atoms with Crippen molar-refractivity contribution in [2.75, 3.05) is 6.54 Å². The number of carbonyl (C=O) groups excluding carboxylic acids is 1. The summed E-state index contributed by atoms with van der Waals surface area (Å²) in [5, 5.41) is 2.70. The summed E-state index contributed by atoms with van der Waals surface area (Å²) in [6.07, 6.45) is 3.03. The van der Waals surface area contributed by atoms with Crippen molar-refractivity contribution in [1.82, 2.24) is 19.9 Å². The van der Waals surface area contributed by atoms with Crippen LogP contribution in [0, 0.1) is 0 Å². The van der Waals surface area contributed by atoms with Crippen LogP contribution in [0.15, 0.2) is 24.7 Å². The SMILES string of the molecule is CC(C)(C)OC(=O)NCCn1cnc2cccnc21. The number of fused-ring (bicyclic) bond motifs is 1. The molecular formula is C13H18N4O2. The summed E-state index contributed by atoms with van der Waals surface area (Å²) < 4.78 is 7.05. The van der Waals surface area contributed by atoms with Gasteiger partial charge in [-0.3, -0.25) is 0 Å². The molecule has 0 aliphatic carbocycles. The second-order valence-electron chi connectivity index (χ2n) is 5.21. The van der Waals surface area contributed by atoms with E-state index in [9.17, 15) is 4.79 Å². The highest BCUT2D eigenvalue weighted by Crippen LogP contribution is 2.08. The van der Waals surface area contributed by atoms with E-state index in [0.29, 0.717) is 13.1 Å². The predicted octanol–water partition coefficient (Wildman–Crippen LogP) is 1.96. The molecular weight excluding hydrogens is 244 g/mol. The van der Waals surface area contributed by atoms with Gasteiger partial charge >= 0.3 is 6.09 Å². The van der Waals surface area contributed by atoms with Gasteiger partial charge < -0.3 is 14.6 Å². The first-order valence-corrected chi connectivity index (χ1v) is 6.18. The van der Waals surface area contributed by atoms with E-state index in [2.05, 4.69) is 15.3 Å². The van der Waals surface area contributed by atoms with Crippen LogP contribution in [0.5, 0.6) is 0 Å². The fourth-order valence-electron chi connectivity index (χ4n) is 1.65. The maximum Gasteiger partial charge on any atom is 0.407 e. The number of pyridine rings is 1. The lowest BCUT2D eigenvalue weighted by Crippen LogP contribution is -2.34. The maximum absolute atomic E-state index is 11.5. The van der Waals surface area contributed by atoms with Crippen LogP contribution in [0.1, 0.15) is 20.8 Å². The molecule has 0 atom stereocenters. The number of rotatable bonds is 3. The average molecular weight is 262 g/mol. The molecule has 2 aromatic heterocycles. The summed E-state index contributed by atoms with van der Waals surface area (Å²) in [4.78, 5) is 20.0. The first kappa shape index (κ1) is 13.3. The average Bonchev–Trinajstić information content (AvgIpc) is 2.70. The summed E-state index contributed by atoms with van der Waals surface area (Å²) in [6, 6.07) is 3.75. The third-order valence-electron chi connectivity index (χ3n) is 2.40. The third-order valence-corrected chi connectivity index (χ3v) is 2.40. The minimum atomic E-state index is -0.479. The van der Waals surface area contributed by atoms with Crippen molar-refractivity contribution in [3.63, 3.8) is 0 Å². The van der Waals surface area contributed by atoms with E-state index in [-0.39, 0.29) is 0 Å². The van der Waals surface area contributed by atoms with Crippen LogP contribution in [0.4, 0.5) is 4.79 Å². The number of imidazole rings is 1. The van der Waals surface area contributed by atoms with Gasteiger partial charge in [0.05, 0.1) is 6.33 Å². The van der Waals surface area contributed by atoms with Crippen molar-refractivity contribution in [3.05, 3.63) is 24.7 Å². The number of aromatic nitrogens is 3. The minimum absolute atomic E-state index is 0.412. The molecule has 0 bridgehead atoms. The zero-order chi connectivity index (χ0) is 13.9. The van der Waals surface area contributed by atoms with Crippen LogP contribution in [-0.2, 0) is 11.3 Å². The normalized spacial score (nSPS) is 11.5. The fourth-order valence-corrected chi connectivity index (χ4v) is 1.65. The number of nitrogens with one attached hydrogen (secondary N) is 1.